The van der Waals surface area contributed by atoms with Gasteiger partial charge in [-0.3, -0.25) is 9.89 Å². The summed E-state index contributed by atoms with van der Waals surface area (Å²) in [6.07, 6.45) is 1.20. The van der Waals surface area contributed by atoms with E-state index < -0.39 is 15.0 Å². The van der Waals surface area contributed by atoms with Gasteiger partial charge in [0.1, 0.15) is 4.90 Å². The second-order valence-corrected chi connectivity index (χ2v) is 7.25. The lowest BCUT2D eigenvalue weighted by atomic mass is 10.2. The fourth-order valence-electron chi connectivity index (χ4n) is 1.75. The number of ether oxygens (including phenoxy) is 1. The first-order valence-corrected chi connectivity index (χ1v) is 9.00. The molecule has 2 N–H and O–H groups in total. The number of carbonyl (C=O) groups is 1. The van der Waals surface area contributed by atoms with E-state index in [2.05, 4.69) is 15.5 Å². The Kier molecular flexibility index (Phi) is 6.63. The van der Waals surface area contributed by atoms with Crippen LogP contribution < -0.4 is 5.32 Å². The number of nitrogens with zero attached hydrogens (tertiary/aromatic N) is 1. The summed E-state index contributed by atoms with van der Waals surface area (Å²) < 4.78 is 28.6. The molecule has 0 aliphatic heterocycles. The number of aromatic nitrogens is 2. The van der Waals surface area contributed by atoms with Gasteiger partial charge in [-0.15, -0.1) is 0 Å². The predicted octanol–water partition coefficient (Wildman–Crippen LogP) is 1.44. The smallest absolute Gasteiger partial charge is 0.273 e. The van der Waals surface area contributed by atoms with Gasteiger partial charge in [-0.05, 0) is 20.3 Å². The third-order valence-electron chi connectivity index (χ3n) is 2.59. The quantitative estimate of drug-likeness (QED) is 0.552. The lowest BCUT2D eigenvalue weighted by Crippen LogP contribution is -2.29. The molecule has 0 aliphatic carbocycles. The summed E-state index contributed by atoms with van der Waals surface area (Å²) in [5, 5.41) is 8.89. The van der Waals surface area contributed by atoms with Crippen LogP contribution in [0.15, 0.2) is 4.90 Å². The minimum Gasteiger partial charge on any atom is -0.377 e. The van der Waals surface area contributed by atoms with Crippen LogP contribution >= 0.6 is 10.7 Å². The van der Waals surface area contributed by atoms with Crippen LogP contribution in [0.25, 0.3) is 0 Å². The predicted molar refractivity (Wildman–Crippen MR) is 79.0 cm³/mol. The van der Waals surface area contributed by atoms with Crippen LogP contribution in [0.5, 0.6) is 0 Å². The second kappa shape index (κ2) is 7.77. The molecule has 0 atom stereocenters. The van der Waals surface area contributed by atoms with Gasteiger partial charge >= 0.3 is 0 Å². The molecule has 0 aromatic carbocycles. The van der Waals surface area contributed by atoms with Crippen molar-refractivity contribution in [1.29, 1.82) is 0 Å². The number of halogens is 1. The Hall–Kier alpha value is -1.12. The van der Waals surface area contributed by atoms with Crippen molar-refractivity contribution in [3.63, 3.8) is 0 Å². The summed E-state index contributed by atoms with van der Waals surface area (Å²) in [6.45, 7) is 6.23. The number of aryl methyl sites for hydroxylation is 1. The number of hydrogen-bond donors (Lipinski definition) is 2. The first kappa shape index (κ1) is 17.9. The highest BCUT2D eigenvalue weighted by Gasteiger charge is 2.27. The topological polar surface area (TPSA) is 101 Å². The number of hydrogen-bond acceptors (Lipinski definition) is 5. The average Bonchev–Trinajstić information content (AvgIpc) is 2.78. The number of nitrogens with one attached hydrogen (secondary N) is 2. The van der Waals surface area contributed by atoms with Gasteiger partial charge in [-0.25, -0.2) is 8.42 Å². The Morgan fingerprint density at radius 3 is 2.67 bits per heavy atom. The van der Waals surface area contributed by atoms with Gasteiger partial charge in [-0.2, -0.15) is 5.10 Å². The van der Waals surface area contributed by atoms with Crippen LogP contribution in [0, 0.1) is 0 Å². The van der Waals surface area contributed by atoms with Crippen LogP contribution in [0.3, 0.4) is 0 Å². The number of aromatic amines is 1. The monoisotopic (exact) mass is 337 g/mol. The van der Waals surface area contributed by atoms with Crippen LogP contribution in [0.4, 0.5) is 0 Å². The Labute approximate surface area is 128 Å². The Morgan fingerprint density at radius 1 is 1.48 bits per heavy atom. The molecule has 1 aromatic heterocycles. The molecule has 0 aliphatic rings. The molecular weight excluding hydrogens is 318 g/mol. The highest BCUT2D eigenvalue weighted by Crippen LogP contribution is 2.23. The maximum absolute atomic E-state index is 12.0. The maximum atomic E-state index is 12.0. The summed E-state index contributed by atoms with van der Waals surface area (Å²) in [5.41, 5.74) is 0.133. The highest BCUT2D eigenvalue weighted by atomic mass is 35.7. The standard InChI is InChI=1S/C12H20ClN3O4S/c1-4-5-9-11(21(13,18)19)10(16-15-9)12(17)14-6-7-20-8(2)3/h8H,4-7H2,1-3H3,(H,14,17)(H,15,16). The van der Waals surface area contributed by atoms with Crippen molar-refractivity contribution in [2.24, 2.45) is 0 Å². The van der Waals surface area contributed by atoms with Gasteiger partial charge in [0.2, 0.25) is 0 Å². The van der Waals surface area contributed by atoms with Gasteiger partial charge < -0.3 is 10.1 Å². The average molecular weight is 338 g/mol. The van der Waals surface area contributed by atoms with Crippen molar-refractivity contribution in [3.05, 3.63) is 11.4 Å². The van der Waals surface area contributed by atoms with Crippen LogP contribution in [0.1, 0.15) is 43.4 Å². The Balaban J connectivity index is 2.85. The molecule has 0 saturated carbocycles. The number of rotatable bonds is 8. The fourth-order valence-corrected chi connectivity index (χ4v) is 3.06. The minimum atomic E-state index is -4.05. The summed E-state index contributed by atoms with van der Waals surface area (Å²) in [6, 6.07) is 0. The van der Waals surface area contributed by atoms with Gasteiger partial charge in [0.15, 0.2) is 5.69 Å². The van der Waals surface area contributed by atoms with E-state index in [1.807, 2.05) is 20.8 Å². The molecule has 0 radical (unpaired) electrons. The zero-order chi connectivity index (χ0) is 16.0. The fraction of sp³-hybridized carbons (Fsp3) is 0.667. The SMILES string of the molecule is CCCc1[nH]nc(C(=O)NCCOC(C)C)c1S(=O)(=O)Cl. The van der Waals surface area contributed by atoms with Crippen molar-refractivity contribution in [1.82, 2.24) is 15.5 Å². The van der Waals surface area contributed by atoms with E-state index in [-0.39, 0.29) is 23.2 Å². The molecule has 120 valence electrons. The molecular formula is C12H20ClN3O4S. The number of H-pyrrole nitrogens is 1. The van der Waals surface area contributed by atoms with Gasteiger partial charge in [-0.1, -0.05) is 13.3 Å². The lowest BCUT2D eigenvalue weighted by Gasteiger charge is -2.08. The van der Waals surface area contributed by atoms with Crippen molar-refractivity contribution in [2.75, 3.05) is 13.2 Å². The first-order valence-electron chi connectivity index (χ1n) is 6.69. The minimum absolute atomic E-state index is 0.0576. The molecule has 0 fully saturated rings. The highest BCUT2D eigenvalue weighted by molar-refractivity contribution is 8.13. The third-order valence-corrected chi connectivity index (χ3v) is 3.98. The maximum Gasteiger partial charge on any atom is 0.273 e. The van der Waals surface area contributed by atoms with E-state index >= 15 is 0 Å². The molecule has 1 aromatic rings. The van der Waals surface area contributed by atoms with Gasteiger partial charge in [0.25, 0.3) is 15.0 Å². The molecule has 21 heavy (non-hydrogen) atoms. The zero-order valence-electron chi connectivity index (χ0n) is 12.3. The van der Waals surface area contributed by atoms with E-state index in [0.29, 0.717) is 25.1 Å². The molecule has 9 heteroatoms. The Bertz CT molecular complexity index is 583. The largest absolute Gasteiger partial charge is 0.377 e. The van der Waals surface area contributed by atoms with Crippen LogP contribution in [-0.4, -0.2) is 43.8 Å². The Morgan fingerprint density at radius 2 is 2.14 bits per heavy atom. The van der Waals surface area contributed by atoms with E-state index in [9.17, 15) is 13.2 Å². The van der Waals surface area contributed by atoms with Gasteiger partial charge in [0.05, 0.1) is 18.4 Å². The lowest BCUT2D eigenvalue weighted by molar-refractivity contribution is 0.0743. The normalized spacial score (nSPS) is 11.9. The molecule has 7 nitrogen and oxygen atoms in total. The number of carbonyl (C=O) groups excluding carboxylic acids is 1. The molecule has 0 bridgehead atoms. The van der Waals surface area contributed by atoms with Crippen molar-refractivity contribution in [2.45, 2.75) is 44.6 Å². The molecule has 1 rings (SSSR count). The van der Waals surface area contributed by atoms with Crippen LogP contribution in [-0.2, 0) is 20.2 Å². The molecule has 1 heterocycles. The van der Waals surface area contributed by atoms with E-state index in [1.165, 1.54) is 0 Å². The van der Waals surface area contributed by atoms with E-state index in [1.54, 1.807) is 0 Å². The van der Waals surface area contributed by atoms with Crippen molar-refractivity contribution < 1.29 is 17.9 Å². The van der Waals surface area contributed by atoms with Gasteiger partial charge in [0, 0.05) is 17.2 Å². The zero-order valence-corrected chi connectivity index (χ0v) is 13.8. The first-order chi connectivity index (χ1) is 9.77. The molecule has 0 saturated heterocycles. The molecule has 1 amide bonds. The number of amides is 1. The second-order valence-electron chi connectivity index (χ2n) is 4.74. The summed E-state index contributed by atoms with van der Waals surface area (Å²) in [5.74, 6) is -0.597. The summed E-state index contributed by atoms with van der Waals surface area (Å²) in [4.78, 5) is 11.8. The van der Waals surface area contributed by atoms with Crippen molar-refractivity contribution >= 4 is 25.6 Å². The van der Waals surface area contributed by atoms with Crippen LogP contribution in [0.2, 0.25) is 0 Å². The molecule has 0 spiro atoms. The summed E-state index contributed by atoms with van der Waals surface area (Å²) in [7, 11) is 1.35. The molecule has 0 unspecified atom stereocenters. The van der Waals surface area contributed by atoms with E-state index in [0.717, 1.165) is 0 Å². The summed E-state index contributed by atoms with van der Waals surface area (Å²) >= 11 is 0. The third kappa shape index (κ3) is 5.29. The van der Waals surface area contributed by atoms with E-state index in [4.69, 9.17) is 15.4 Å². The van der Waals surface area contributed by atoms with Crippen molar-refractivity contribution in [3.8, 4) is 0 Å².